The largest absolute Gasteiger partial charge is 0.497 e. The van der Waals surface area contributed by atoms with Crippen LogP contribution in [-0.2, 0) is 6.54 Å². The molecule has 1 aromatic carbocycles. The van der Waals surface area contributed by atoms with E-state index >= 15 is 0 Å². The summed E-state index contributed by atoms with van der Waals surface area (Å²) in [7, 11) is 1.69. The summed E-state index contributed by atoms with van der Waals surface area (Å²) >= 11 is 0. The van der Waals surface area contributed by atoms with Crippen molar-refractivity contribution in [2.45, 2.75) is 31.8 Å². The summed E-state index contributed by atoms with van der Waals surface area (Å²) in [5, 5.41) is 14.2. The van der Waals surface area contributed by atoms with Crippen molar-refractivity contribution in [1.82, 2.24) is 19.7 Å². The number of methoxy groups -OCH3 is 1. The number of rotatable bonds is 5. The molecule has 1 fully saturated rings. The van der Waals surface area contributed by atoms with Crippen molar-refractivity contribution in [3.63, 3.8) is 0 Å². The zero-order valence-electron chi connectivity index (χ0n) is 14.7. The highest BCUT2D eigenvalue weighted by atomic mass is 16.5. The molecule has 1 atom stereocenters. The molecule has 1 aliphatic heterocycles. The van der Waals surface area contributed by atoms with E-state index in [0.717, 1.165) is 42.0 Å². The average molecular weight is 348 g/mol. The number of hydrogen-bond acceptors (Lipinski definition) is 6. The van der Waals surface area contributed by atoms with Gasteiger partial charge in [0.05, 0.1) is 43.8 Å². The number of nitriles is 1. The molecule has 0 amide bonds. The summed E-state index contributed by atoms with van der Waals surface area (Å²) < 4.78 is 7.16. The van der Waals surface area contributed by atoms with Crippen molar-refractivity contribution >= 4 is 16.9 Å². The fraction of sp³-hybridized carbons (Fsp3) is 0.368. The zero-order valence-corrected chi connectivity index (χ0v) is 14.7. The summed E-state index contributed by atoms with van der Waals surface area (Å²) in [6.07, 6.45) is 5.98. The predicted octanol–water partition coefficient (Wildman–Crippen LogP) is 3.09. The van der Waals surface area contributed by atoms with Gasteiger partial charge in [0.15, 0.2) is 5.65 Å². The molecule has 4 rings (SSSR count). The number of benzene rings is 1. The number of fused-ring (bicyclic) bond motifs is 1. The van der Waals surface area contributed by atoms with Gasteiger partial charge in [-0.05, 0) is 30.5 Å². The van der Waals surface area contributed by atoms with Crippen LogP contribution in [0.15, 0.2) is 36.8 Å². The fourth-order valence-corrected chi connectivity index (χ4v) is 3.64. The minimum absolute atomic E-state index is 0.255. The number of aryl methyl sites for hydroxylation is 1. The molecule has 1 aliphatic rings. The molecule has 3 heterocycles. The predicted molar refractivity (Wildman–Crippen MR) is 97.9 cm³/mol. The van der Waals surface area contributed by atoms with Crippen LogP contribution in [0, 0.1) is 11.3 Å². The lowest BCUT2D eigenvalue weighted by Crippen LogP contribution is -2.24. The number of hydrogen-bond donors (Lipinski definition) is 0. The molecule has 0 N–H and O–H groups in total. The third kappa shape index (κ3) is 2.84. The summed E-state index contributed by atoms with van der Waals surface area (Å²) in [5.74, 6) is 1.77. The lowest BCUT2D eigenvalue weighted by Gasteiger charge is -2.26. The van der Waals surface area contributed by atoms with Crippen molar-refractivity contribution in [2.24, 2.45) is 0 Å². The minimum Gasteiger partial charge on any atom is -0.497 e. The van der Waals surface area contributed by atoms with E-state index in [0.29, 0.717) is 13.0 Å². The number of nitrogens with zero attached hydrogens (tertiary/aromatic N) is 6. The Hall–Kier alpha value is -3.14. The van der Waals surface area contributed by atoms with Crippen molar-refractivity contribution < 1.29 is 4.74 Å². The summed E-state index contributed by atoms with van der Waals surface area (Å²) in [5.41, 5.74) is 2.01. The Kier molecular flexibility index (Phi) is 4.40. The number of aromatic nitrogens is 4. The maximum atomic E-state index is 8.83. The summed E-state index contributed by atoms with van der Waals surface area (Å²) in [6.45, 7) is 1.48. The summed E-state index contributed by atoms with van der Waals surface area (Å²) in [4.78, 5) is 11.3. The molecule has 3 aromatic rings. The van der Waals surface area contributed by atoms with Crippen LogP contribution in [-0.4, -0.2) is 33.4 Å². The van der Waals surface area contributed by atoms with Gasteiger partial charge in [0.25, 0.3) is 0 Å². The first-order valence-electron chi connectivity index (χ1n) is 8.76. The Bertz CT molecular complexity index is 960. The quantitative estimate of drug-likeness (QED) is 0.705. The van der Waals surface area contributed by atoms with Gasteiger partial charge < -0.3 is 9.64 Å². The molecule has 7 nitrogen and oxygen atoms in total. The van der Waals surface area contributed by atoms with Gasteiger partial charge in [0, 0.05) is 6.54 Å². The molecule has 2 aromatic heterocycles. The monoisotopic (exact) mass is 348 g/mol. The smallest absolute Gasteiger partial charge is 0.163 e. The number of anilines is 1. The normalized spacial score (nSPS) is 16.8. The highest BCUT2D eigenvalue weighted by molar-refractivity contribution is 5.87. The van der Waals surface area contributed by atoms with Crippen LogP contribution in [0.3, 0.4) is 0 Å². The van der Waals surface area contributed by atoms with Crippen LogP contribution in [0.2, 0.25) is 0 Å². The van der Waals surface area contributed by atoms with Gasteiger partial charge in [-0.1, -0.05) is 12.1 Å². The lowest BCUT2D eigenvalue weighted by molar-refractivity contribution is 0.414. The van der Waals surface area contributed by atoms with Crippen LogP contribution >= 0.6 is 0 Å². The van der Waals surface area contributed by atoms with E-state index in [-0.39, 0.29) is 6.04 Å². The Morgan fingerprint density at radius 2 is 2.27 bits per heavy atom. The molecule has 0 saturated carbocycles. The van der Waals surface area contributed by atoms with E-state index in [2.05, 4.69) is 38.2 Å². The van der Waals surface area contributed by atoms with E-state index in [9.17, 15) is 0 Å². The fourth-order valence-electron chi connectivity index (χ4n) is 3.64. The van der Waals surface area contributed by atoms with Gasteiger partial charge in [-0.15, -0.1) is 0 Å². The van der Waals surface area contributed by atoms with Gasteiger partial charge in [-0.3, -0.25) is 0 Å². The zero-order chi connectivity index (χ0) is 17.9. The SMILES string of the molecule is COc1cccc(C2CCCN2c2ncnc3c2cnn3CCC#N)c1. The average Bonchev–Trinajstić information content (AvgIpc) is 3.33. The molecule has 1 unspecified atom stereocenters. The van der Waals surface area contributed by atoms with Gasteiger partial charge in [-0.2, -0.15) is 10.4 Å². The van der Waals surface area contributed by atoms with Crippen molar-refractivity contribution in [2.75, 3.05) is 18.6 Å². The second-order valence-electron chi connectivity index (χ2n) is 6.34. The first-order valence-corrected chi connectivity index (χ1v) is 8.76. The Morgan fingerprint density at radius 1 is 1.35 bits per heavy atom. The molecule has 7 heteroatoms. The van der Waals surface area contributed by atoms with Gasteiger partial charge in [0.2, 0.25) is 0 Å². The van der Waals surface area contributed by atoms with E-state index in [1.807, 2.05) is 18.3 Å². The Balaban J connectivity index is 1.72. The van der Waals surface area contributed by atoms with Gasteiger partial charge >= 0.3 is 0 Å². The van der Waals surface area contributed by atoms with Crippen LogP contribution < -0.4 is 9.64 Å². The third-order valence-electron chi connectivity index (χ3n) is 4.85. The first-order chi connectivity index (χ1) is 12.8. The maximum absolute atomic E-state index is 8.83. The molecular formula is C19H20N6O. The lowest BCUT2D eigenvalue weighted by atomic mass is 10.0. The molecule has 0 aliphatic carbocycles. The maximum Gasteiger partial charge on any atom is 0.163 e. The van der Waals surface area contributed by atoms with Gasteiger partial charge in [0.1, 0.15) is 17.9 Å². The van der Waals surface area contributed by atoms with Crippen molar-refractivity contribution in [3.8, 4) is 11.8 Å². The summed E-state index contributed by atoms with van der Waals surface area (Å²) in [6, 6.07) is 10.6. The van der Waals surface area contributed by atoms with Crippen LogP contribution in [0.1, 0.15) is 30.9 Å². The molecule has 0 radical (unpaired) electrons. The standard InChI is InChI=1S/C19H20N6O/c1-26-15-6-2-5-14(11-15)17-7-3-9-24(17)18-16-12-23-25(10-4-8-20)19(16)22-13-21-18/h2,5-6,11-13,17H,3-4,7,9-10H2,1H3. The molecule has 26 heavy (non-hydrogen) atoms. The highest BCUT2D eigenvalue weighted by Crippen LogP contribution is 2.38. The van der Waals surface area contributed by atoms with E-state index in [4.69, 9.17) is 10.00 Å². The number of ether oxygens (including phenoxy) is 1. The third-order valence-corrected chi connectivity index (χ3v) is 4.85. The van der Waals surface area contributed by atoms with Crippen molar-refractivity contribution in [3.05, 3.63) is 42.4 Å². The van der Waals surface area contributed by atoms with Crippen LogP contribution in [0.4, 0.5) is 5.82 Å². The van der Waals surface area contributed by atoms with Crippen LogP contribution in [0.5, 0.6) is 5.75 Å². The van der Waals surface area contributed by atoms with E-state index in [1.54, 1.807) is 18.1 Å². The molecule has 0 spiro atoms. The second-order valence-corrected chi connectivity index (χ2v) is 6.34. The highest BCUT2D eigenvalue weighted by Gasteiger charge is 2.29. The topological polar surface area (TPSA) is 79.9 Å². The first kappa shape index (κ1) is 16.3. The Morgan fingerprint density at radius 3 is 3.12 bits per heavy atom. The molecule has 1 saturated heterocycles. The van der Waals surface area contributed by atoms with E-state index in [1.165, 1.54) is 5.56 Å². The molecule has 0 bridgehead atoms. The minimum atomic E-state index is 0.255. The second kappa shape index (κ2) is 7.00. The van der Waals surface area contributed by atoms with Crippen LogP contribution in [0.25, 0.3) is 11.0 Å². The van der Waals surface area contributed by atoms with Crippen molar-refractivity contribution in [1.29, 1.82) is 5.26 Å². The molecule has 132 valence electrons. The Labute approximate surface area is 151 Å². The molecular weight excluding hydrogens is 328 g/mol. The van der Waals surface area contributed by atoms with Gasteiger partial charge in [-0.25, -0.2) is 14.6 Å². The van der Waals surface area contributed by atoms with E-state index < -0.39 is 0 Å².